The number of hydrogen-bond acceptors (Lipinski definition) is 3. The van der Waals surface area contributed by atoms with Crippen LogP contribution in [0.15, 0.2) is 24.4 Å². The summed E-state index contributed by atoms with van der Waals surface area (Å²) in [6.07, 6.45) is 1.89. The van der Waals surface area contributed by atoms with Crippen LogP contribution in [0.25, 0.3) is 0 Å². The molecular weight excluding hydrogens is 324 g/mol. The first-order chi connectivity index (χ1) is 12.3. The van der Waals surface area contributed by atoms with E-state index in [0.717, 1.165) is 37.6 Å². The van der Waals surface area contributed by atoms with Crippen molar-refractivity contribution in [3.05, 3.63) is 52.6 Å². The number of amides is 1. The Hall–Kier alpha value is -2.14. The van der Waals surface area contributed by atoms with E-state index in [2.05, 4.69) is 65.7 Å². The zero-order chi connectivity index (χ0) is 18.8. The van der Waals surface area contributed by atoms with Gasteiger partial charge >= 0.3 is 0 Å². The number of aryl methyl sites for hydroxylation is 2. The fraction of sp³-hybridized carbons (Fsp3) is 0.524. The average Bonchev–Trinajstić information content (AvgIpc) is 2.97. The molecule has 1 aliphatic rings. The first kappa shape index (κ1) is 18.6. The average molecular weight is 354 g/mol. The Morgan fingerprint density at radius 2 is 2.00 bits per heavy atom. The smallest absolute Gasteiger partial charge is 0.271 e. The number of rotatable bonds is 5. The second kappa shape index (κ2) is 7.62. The topological polar surface area (TPSA) is 50.2 Å². The van der Waals surface area contributed by atoms with Crippen LogP contribution in [-0.4, -0.2) is 33.4 Å². The first-order valence-electron chi connectivity index (χ1n) is 9.50. The zero-order valence-corrected chi connectivity index (χ0v) is 16.5. The molecule has 1 aromatic heterocycles. The number of carbonyl (C=O) groups is 1. The quantitative estimate of drug-likeness (QED) is 0.894. The molecule has 2 heterocycles. The Labute approximate surface area is 156 Å². The number of imidazole rings is 1. The summed E-state index contributed by atoms with van der Waals surface area (Å²) < 4.78 is 2.12. The maximum Gasteiger partial charge on any atom is 0.271 e. The van der Waals surface area contributed by atoms with E-state index in [4.69, 9.17) is 0 Å². The Bertz CT molecular complexity index is 793. The van der Waals surface area contributed by atoms with Gasteiger partial charge in [0.05, 0.1) is 12.6 Å². The second-order valence-corrected chi connectivity index (χ2v) is 7.92. The van der Waals surface area contributed by atoms with Crippen LogP contribution in [0, 0.1) is 19.8 Å². The van der Waals surface area contributed by atoms with Gasteiger partial charge in [-0.3, -0.25) is 9.69 Å². The number of hydrogen-bond donors (Lipinski definition) is 1. The molecule has 1 aliphatic heterocycles. The summed E-state index contributed by atoms with van der Waals surface area (Å²) in [4.78, 5) is 19.7. The standard InChI is InChI=1S/C21H30N4O/c1-14(2)11-24-8-9-25-12-19(23-20(25)13-24)21(26)22-17(5)18-7-6-15(3)10-16(18)4/h6-7,10,12,14,17H,8-9,11,13H2,1-5H3,(H,22,26)/t17-/m1/s1. The highest BCUT2D eigenvalue weighted by atomic mass is 16.2. The van der Waals surface area contributed by atoms with E-state index in [-0.39, 0.29) is 11.9 Å². The van der Waals surface area contributed by atoms with Crippen molar-refractivity contribution >= 4 is 5.91 Å². The summed E-state index contributed by atoms with van der Waals surface area (Å²) in [5, 5.41) is 3.10. The van der Waals surface area contributed by atoms with Crippen LogP contribution >= 0.6 is 0 Å². The number of nitrogens with zero attached hydrogens (tertiary/aromatic N) is 3. The van der Waals surface area contributed by atoms with Gasteiger partial charge in [-0.05, 0) is 37.8 Å². The minimum atomic E-state index is -0.102. The Morgan fingerprint density at radius 3 is 2.69 bits per heavy atom. The molecule has 0 bridgehead atoms. The Kier molecular flexibility index (Phi) is 5.47. The fourth-order valence-electron chi connectivity index (χ4n) is 3.74. The van der Waals surface area contributed by atoms with E-state index in [9.17, 15) is 4.79 Å². The highest BCUT2D eigenvalue weighted by Crippen LogP contribution is 2.20. The number of fused-ring (bicyclic) bond motifs is 1. The van der Waals surface area contributed by atoms with Crippen LogP contribution < -0.4 is 5.32 Å². The number of aromatic nitrogens is 2. The lowest BCUT2D eigenvalue weighted by Crippen LogP contribution is -2.35. The molecule has 0 saturated heterocycles. The van der Waals surface area contributed by atoms with Crippen LogP contribution in [0.1, 0.15) is 59.8 Å². The number of carbonyl (C=O) groups excluding carboxylic acids is 1. The summed E-state index contributed by atoms with van der Waals surface area (Å²) in [5.41, 5.74) is 4.10. The maximum absolute atomic E-state index is 12.7. The van der Waals surface area contributed by atoms with Gasteiger partial charge in [0, 0.05) is 25.8 Å². The lowest BCUT2D eigenvalue weighted by atomic mass is 10.0. The molecule has 5 heteroatoms. The van der Waals surface area contributed by atoms with Crippen LogP contribution in [0.4, 0.5) is 0 Å². The van der Waals surface area contributed by atoms with Crippen molar-refractivity contribution in [1.82, 2.24) is 19.8 Å². The molecular formula is C21H30N4O. The third-order valence-electron chi connectivity index (χ3n) is 4.98. The van der Waals surface area contributed by atoms with Crippen molar-refractivity contribution in [2.75, 3.05) is 13.1 Å². The van der Waals surface area contributed by atoms with E-state index in [0.29, 0.717) is 11.6 Å². The van der Waals surface area contributed by atoms with Crippen molar-refractivity contribution in [3.8, 4) is 0 Å². The molecule has 0 saturated carbocycles. The van der Waals surface area contributed by atoms with Crippen molar-refractivity contribution < 1.29 is 4.79 Å². The largest absolute Gasteiger partial charge is 0.344 e. The van der Waals surface area contributed by atoms with Gasteiger partial charge in [0.1, 0.15) is 11.5 Å². The Balaban J connectivity index is 1.68. The molecule has 0 radical (unpaired) electrons. The van der Waals surface area contributed by atoms with Gasteiger partial charge in [0.25, 0.3) is 5.91 Å². The van der Waals surface area contributed by atoms with Crippen molar-refractivity contribution in [3.63, 3.8) is 0 Å². The molecule has 3 rings (SSSR count). The molecule has 0 spiro atoms. The number of nitrogens with one attached hydrogen (secondary N) is 1. The summed E-state index contributed by atoms with van der Waals surface area (Å²) in [6.45, 7) is 14.5. The fourth-order valence-corrected chi connectivity index (χ4v) is 3.74. The minimum Gasteiger partial charge on any atom is -0.344 e. The predicted molar refractivity (Wildman–Crippen MR) is 104 cm³/mol. The third kappa shape index (κ3) is 4.15. The van der Waals surface area contributed by atoms with Crippen molar-refractivity contribution in [1.29, 1.82) is 0 Å². The highest BCUT2D eigenvalue weighted by molar-refractivity contribution is 5.92. The predicted octanol–water partition coefficient (Wildman–Crippen LogP) is 3.46. The van der Waals surface area contributed by atoms with E-state index in [1.807, 2.05) is 13.1 Å². The van der Waals surface area contributed by atoms with Gasteiger partial charge in [-0.15, -0.1) is 0 Å². The zero-order valence-electron chi connectivity index (χ0n) is 16.5. The van der Waals surface area contributed by atoms with Gasteiger partial charge in [-0.25, -0.2) is 4.98 Å². The third-order valence-corrected chi connectivity index (χ3v) is 4.98. The van der Waals surface area contributed by atoms with Crippen LogP contribution in [0.3, 0.4) is 0 Å². The maximum atomic E-state index is 12.7. The van der Waals surface area contributed by atoms with Gasteiger partial charge in [-0.2, -0.15) is 0 Å². The van der Waals surface area contributed by atoms with E-state index >= 15 is 0 Å². The molecule has 1 aromatic carbocycles. The van der Waals surface area contributed by atoms with Crippen LogP contribution in [-0.2, 0) is 13.1 Å². The van der Waals surface area contributed by atoms with Gasteiger partial charge in [0.15, 0.2) is 0 Å². The SMILES string of the molecule is Cc1ccc([C@@H](C)NC(=O)c2cn3c(n2)CN(CC(C)C)CC3)c(C)c1. The van der Waals surface area contributed by atoms with E-state index < -0.39 is 0 Å². The lowest BCUT2D eigenvalue weighted by molar-refractivity contribution is 0.0935. The number of benzene rings is 1. The molecule has 5 nitrogen and oxygen atoms in total. The molecule has 1 amide bonds. The normalized spacial score (nSPS) is 15.8. The summed E-state index contributed by atoms with van der Waals surface area (Å²) in [7, 11) is 0. The molecule has 0 aliphatic carbocycles. The second-order valence-electron chi connectivity index (χ2n) is 7.92. The molecule has 140 valence electrons. The van der Waals surface area contributed by atoms with Gasteiger partial charge in [-0.1, -0.05) is 37.6 Å². The van der Waals surface area contributed by atoms with Crippen LogP contribution in [0.5, 0.6) is 0 Å². The minimum absolute atomic E-state index is 0.0423. The monoisotopic (exact) mass is 354 g/mol. The summed E-state index contributed by atoms with van der Waals surface area (Å²) >= 11 is 0. The summed E-state index contributed by atoms with van der Waals surface area (Å²) in [5.74, 6) is 1.52. The van der Waals surface area contributed by atoms with E-state index in [1.165, 1.54) is 11.1 Å². The van der Waals surface area contributed by atoms with Gasteiger partial charge in [0.2, 0.25) is 0 Å². The molecule has 0 unspecified atom stereocenters. The highest BCUT2D eigenvalue weighted by Gasteiger charge is 2.22. The molecule has 26 heavy (non-hydrogen) atoms. The van der Waals surface area contributed by atoms with Crippen molar-refractivity contribution in [2.24, 2.45) is 5.92 Å². The molecule has 1 atom stereocenters. The summed E-state index contributed by atoms with van der Waals surface area (Å²) in [6, 6.07) is 6.29. The van der Waals surface area contributed by atoms with Crippen molar-refractivity contribution in [2.45, 2.75) is 53.8 Å². The Morgan fingerprint density at radius 1 is 1.23 bits per heavy atom. The molecule has 2 aromatic rings. The van der Waals surface area contributed by atoms with E-state index in [1.54, 1.807) is 0 Å². The molecule has 1 N–H and O–H groups in total. The molecule has 0 fully saturated rings. The van der Waals surface area contributed by atoms with Crippen LogP contribution in [0.2, 0.25) is 0 Å². The lowest BCUT2D eigenvalue weighted by Gasteiger charge is -2.28. The van der Waals surface area contributed by atoms with Gasteiger partial charge < -0.3 is 9.88 Å². The first-order valence-corrected chi connectivity index (χ1v) is 9.50.